The molecule has 25 heavy (non-hydrogen) atoms. The van der Waals surface area contributed by atoms with Gasteiger partial charge in [-0.2, -0.15) is 8.42 Å². The summed E-state index contributed by atoms with van der Waals surface area (Å²) in [6, 6.07) is 11.0. The Hall–Kier alpha value is -1.05. The molecule has 0 spiro atoms. The fourth-order valence-electron chi connectivity index (χ4n) is 2.41. The molecule has 0 aliphatic rings. The molecular weight excluding hydrogens is 351 g/mol. The summed E-state index contributed by atoms with van der Waals surface area (Å²) in [5, 5.41) is 11.5. The second-order valence-electron chi connectivity index (χ2n) is 5.64. The summed E-state index contributed by atoms with van der Waals surface area (Å²) in [5.74, 6) is -0.0252. The van der Waals surface area contributed by atoms with Gasteiger partial charge in [-0.05, 0) is 36.6 Å². The van der Waals surface area contributed by atoms with Gasteiger partial charge < -0.3 is 9.84 Å². The van der Waals surface area contributed by atoms with Crippen LogP contribution in [-0.2, 0) is 16.5 Å². The first-order valence-electron chi connectivity index (χ1n) is 7.95. The van der Waals surface area contributed by atoms with Crippen LogP contribution in [0.25, 0.3) is 0 Å². The Morgan fingerprint density at radius 2 is 1.76 bits per heavy atom. The van der Waals surface area contributed by atoms with E-state index in [1.807, 2.05) is 18.2 Å². The van der Waals surface area contributed by atoms with Crippen LogP contribution in [0.1, 0.15) is 38.2 Å². The zero-order valence-electron chi connectivity index (χ0n) is 14.6. The van der Waals surface area contributed by atoms with E-state index in [0.717, 1.165) is 30.5 Å². The Kier molecular flexibility index (Phi) is 8.96. The number of ether oxygens (including phenoxy) is 1. The van der Waals surface area contributed by atoms with E-state index in [9.17, 15) is 13.5 Å². The van der Waals surface area contributed by atoms with E-state index in [1.54, 1.807) is 6.07 Å². The van der Waals surface area contributed by atoms with Gasteiger partial charge in [0.15, 0.2) is 0 Å². The molecule has 2 aromatic carbocycles. The Morgan fingerprint density at radius 3 is 2.44 bits per heavy atom. The first-order chi connectivity index (χ1) is 11.4. The number of hydrogen-bond acceptors (Lipinski definition) is 4. The van der Waals surface area contributed by atoms with Crippen molar-refractivity contribution in [1.29, 1.82) is 0 Å². The van der Waals surface area contributed by atoms with Crippen molar-refractivity contribution < 1.29 is 52.4 Å². The molecule has 0 aromatic heterocycles. The van der Waals surface area contributed by atoms with Crippen molar-refractivity contribution in [3.05, 3.63) is 48.0 Å². The summed E-state index contributed by atoms with van der Waals surface area (Å²) < 4.78 is 37.1. The number of hydrogen-bond donors (Lipinski definition) is 1. The Balaban J connectivity index is 0.00000312. The second-order valence-corrected chi connectivity index (χ2v) is 7.03. The SMILES string of the molecule is CCCCCCc1cccc(Oc2ccc([O-])c(S(=O)(=O)O)c2)c1.[Na+]. The average molecular weight is 372 g/mol. The fraction of sp³-hybridized carbons (Fsp3) is 0.333. The normalized spacial score (nSPS) is 11.0. The molecule has 0 saturated heterocycles. The predicted octanol–water partition coefficient (Wildman–Crippen LogP) is 0.926. The molecule has 0 radical (unpaired) electrons. The third kappa shape index (κ3) is 6.99. The molecule has 7 heteroatoms. The second kappa shape index (κ2) is 10.2. The zero-order valence-corrected chi connectivity index (χ0v) is 17.4. The van der Waals surface area contributed by atoms with E-state index >= 15 is 0 Å². The summed E-state index contributed by atoms with van der Waals surface area (Å²) in [4.78, 5) is -0.685. The van der Waals surface area contributed by atoms with E-state index in [2.05, 4.69) is 6.92 Å². The molecule has 0 atom stereocenters. The maximum absolute atomic E-state index is 11.5. The van der Waals surface area contributed by atoms with Crippen LogP contribution in [0.4, 0.5) is 0 Å². The Morgan fingerprint density at radius 1 is 1.04 bits per heavy atom. The van der Waals surface area contributed by atoms with Crippen molar-refractivity contribution in [3.8, 4) is 17.2 Å². The molecule has 0 fully saturated rings. The van der Waals surface area contributed by atoms with Crippen LogP contribution >= 0.6 is 0 Å². The number of aryl methyl sites for hydroxylation is 1. The van der Waals surface area contributed by atoms with Crippen LogP contribution in [0.3, 0.4) is 0 Å². The number of rotatable bonds is 8. The van der Waals surface area contributed by atoms with Gasteiger partial charge in [0.05, 0.1) is 4.90 Å². The van der Waals surface area contributed by atoms with Gasteiger partial charge in [0.1, 0.15) is 11.5 Å². The van der Waals surface area contributed by atoms with Crippen molar-refractivity contribution in [1.82, 2.24) is 0 Å². The first-order valence-corrected chi connectivity index (χ1v) is 9.39. The molecule has 0 bridgehead atoms. The van der Waals surface area contributed by atoms with Gasteiger partial charge in [-0.25, -0.2) is 0 Å². The minimum Gasteiger partial charge on any atom is -0.872 e. The average Bonchev–Trinajstić information content (AvgIpc) is 2.53. The minimum atomic E-state index is -4.57. The van der Waals surface area contributed by atoms with Crippen LogP contribution in [0.15, 0.2) is 47.4 Å². The Labute approximate surface area is 171 Å². The van der Waals surface area contributed by atoms with Crippen molar-refractivity contribution >= 4 is 10.1 Å². The van der Waals surface area contributed by atoms with Crippen molar-refractivity contribution in [2.75, 3.05) is 0 Å². The van der Waals surface area contributed by atoms with Crippen LogP contribution in [0, 0.1) is 0 Å². The summed E-state index contributed by atoms with van der Waals surface area (Å²) in [7, 11) is -4.57. The van der Waals surface area contributed by atoms with Gasteiger partial charge in [0, 0.05) is 6.07 Å². The number of benzene rings is 2. The van der Waals surface area contributed by atoms with E-state index in [4.69, 9.17) is 9.29 Å². The molecule has 130 valence electrons. The monoisotopic (exact) mass is 372 g/mol. The van der Waals surface area contributed by atoms with Gasteiger partial charge in [0.2, 0.25) is 0 Å². The molecule has 2 rings (SSSR count). The maximum Gasteiger partial charge on any atom is 1.00 e. The topological polar surface area (TPSA) is 86.7 Å². The van der Waals surface area contributed by atoms with E-state index < -0.39 is 20.8 Å². The third-order valence-corrected chi connectivity index (χ3v) is 4.52. The minimum absolute atomic E-state index is 0. The largest absolute Gasteiger partial charge is 1.00 e. The molecule has 2 aromatic rings. The third-order valence-electron chi connectivity index (χ3n) is 3.65. The first kappa shape index (κ1) is 22.0. The molecular formula is C18H21NaO5S. The van der Waals surface area contributed by atoms with Gasteiger partial charge in [-0.3, -0.25) is 4.55 Å². The van der Waals surface area contributed by atoms with E-state index in [-0.39, 0.29) is 35.3 Å². The van der Waals surface area contributed by atoms with Crippen LogP contribution < -0.4 is 39.4 Å². The van der Waals surface area contributed by atoms with Crippen LogP contribution in [0.5, 0.6) is 17.2 Å². The predicted molar refractivity (Wildman–Crippen MR) is 90.1 cm³/mol. The van der Waals surface area contributed by atoms with E-state index in [0.29, 0.717) is 5.75 Å². The standard InChI is InChI=1S/C18H22O5S.Na/c1-2-3-4-5-7-14-8-6-9-15(12-14)23-16-10-11-17(19)18(13-16)24(20,21)22;/h6,8-13,19H,2-5,7H2,1H3,(H,20,21,22);/q;+1/p-1. The van der Waals surface area contributed by atoms with E-state index in [1.165, 1.54) is 25.3 Å². The molecule has 1 N–H and O–H groups in total. The molecule has 0 aliphatic heterocycles. The van der Waals surface area contributed by atoms with Gasteiger partial charge in [-0.1, -0.05) is 50.1 Å². The van der Waals surface area contributed by atoms with Gasteiger partial charge >= 0.3 is 29.6 Å². The quantitative estimate of drug-likeness (QED) is 0.423. The molecule has 0 saturated carbocycles. The zero-order chi connectivity index (χ0) is 17.6. The summed E-state index contributed by atoms with van der Waals surface area (Å²) in [6.07, 6.45) is 5.65. The van der Waals surface area contributed by atoms with Gasteiger partial charge in [0.25, 0.3) is 10.1 Å². The summed E-state index contributed by atoms with van der Waals surface area (Å²) in [5.41, 5.74) is 1.14. The van der Waals surface area contributed by atoms with Crippen LogP contribution in [0.2, 0.25) is 0 Å². The van der Waals surface area contributed by atoms with Gasteiger partial charge in [-0.15, -0.1) is 0 Å². The molecule has 0 aliphatic carbocycles. The smallest absolute Gasteiger partial charge is 0.872 e. The molecule has 0 heterocycles. The van der Waals surface area contributed by atoms with Crippen LogP contribution in [-0.4, -0.2) is 13.0 Å². The molecule has 5 nitrogen and oxygen atoms in total. The summed E-state index contributed by atoms with van der Waals surface area (Å²) in [6.45, 7) is 2.17. The molecule has 0 unspecified atom stereocenters. The molecule has 0 amide bonds. The van der Waals surface area contributed by atoms with Crippen molar-refractivity contribution in [3.63, 3.8) is 0 Å². The fourth-order valence-corrected chi connectivity index (χ4v) is 3.00. The maximum atomic E-state index is 11.5. The number of unbranched alkanes of at least 4 members (excludes halogenated alkanes) is 3. The van der Waals surface area contributed by atoms with Crippen molar-refractivity contribution in [2.45, 2.75) is 43.9 Å². The Bertz CT molecular complexity index is 790. The van der Waals surface area contributed by atoms with Crippen molar-refractivity contribution in [2.24, 2.45) is 0 Å². The summed E-state index contributed by atoms with van der Waals surface area (Å²) >= 11 is 0.